The van der Waals surface area contributed by atoms with Crippen molar-refractivity contribution in [2.75, 3.05) is 0 Å². The highest BCUT2D eigenvalue weighted by molar-refractivity contribution is 6.50. The standard InChI is InChI=1S/C10H6Cl3N/c1-6(5-14)10(13)7-2-8(11)4-9(12)3-7/h2-4H,1H3. The Bertz CT molecular complexity index is 409. The van der Waals surface area contributed by atoms with E-state index in [0.29, 0.717) is 26.2 Å². The Balaban J connectivity index is 3.28. The van der Waals surface area contributed by atoms with Crippen LogP contribution in [0.4, 0.5) is 0 Å². The Hall–Kier alpha value is -0.680. The highest BCUT2D eigenvalue weighted by Crippen LogP contribution is 2.28. The predicted molar refractivity (Wildman–Crippen MR) is 60.5 cm³/mol. The largest absolute Gasteiger partial charge is 0.193 e. The molecular weight excluding hydrogens is 240 g/mol. The molecule has 1 aromatic rings. The summed E-state index contributed by atoms with van der Waals surface area (Å²) in [7, 11) is 0. The van der Waals surface area contributed by atoms with Crippen LogP contribution < -0.4 is 0 Å². The number of nitriles is 1. The Morgan fingerprint density at radius 3 is 2.14 bits per heavy atom. The van der Waals surface area contributed by atoms with Crippen molar-refractivity contribution in [3.63, 3.8) is 0 Å². The molecule has 1 rings (SSSR count). The molecule has 72 valence electrons. The molecule has 0 amide bonds. The van der Waals surface area contributed by atoms with E-state index in [2.05, 4.69) is 0 Å². The molecule has 0 spiro atoms. The number of halogens is 3. The second-order valence-electron chi connectivity index (χ2n) is 2.71. The fraction of sp³-hybridized carbons (Fsp3) is 0.100. The van der Waals surface area contributed by atoms with E-state index in [9.17, 15) is 0 Å². The monoisotopic (exact) mass is 245 g/mol. The van der Waals surface area contributed by atoms with Crippen molar-refractivity contribution in [3.8, 4) is 6.07 Å². The first-order chi connectivity index (χ1) is 6.54. The summed E-state index contributed by atoms with van der Waals surface area (Å²) >= 11 is 17.5. The molecule has 0 saturated heterocycles. The number of rotatable bonds is 1. The van der Waals surface area contributed by atoms with Crippen LogP contribution in [0.15, 0.2) is 23.8 Å². The van der Waals surface area contributed by atoms with E-state index in [1.807, 2.05) is 6.07 Å². The van der Waals surface area contributed by atoms with Crippen molar-refractivity contribution in [3.05, 3.63) is 39.4 Å². The van der Waals surface area contributed by atoms with E-state index in [1.165, 1.54) is 0 Å². The topological polar surface area (TPSA) is 23.8 Å². The smallest absolute Gasteiger partial charge is 0.0959 e. The van der Waals surface area contributed by atoms with Gasteiger partial charge in [-0.1, -0.05) is 34.8 Å². The lowest BCUT2D eigenvalue weighted by molar-refractivity contribution is 1.45. The minimum atomic E-state index is 0.372. The molecule has 0 aliphatic rings. The first-order valence-corrected chi connectivity index (χ1v) is 4.91. The number of allylic oxidation sites excluding steroid dienone is 1. The Kier molecular flexibility index (Phi) is 3.83. The van der Waals surface area contributed by atoms with E-state index in [1.54, 1.807) is 25.1 Å². The molecule has 0 saturated carbocycles. The van der Waals surface area contributed by atoms with E-state index < -0.39 is 0 Å². The van der Waals surface area contributed by atoms with Crippen molar-refractivity contribution < 1.29 is 0 Å². The van der Waals surface area contributed by atoms with Gasteiger partial charge >= 0.3 is 0 Å². The molecule has 0 unspecified atom stereocenters. The van der Waals surface area contributed by atoms with Gasteiger partial charge in [0.1, 0.15) is 0 Å². The zero-order valence-corrected chi connectivity index (χ0v) is 9.58. The van der Waals surface area contributed by atoms with E-state index >= 15 is 0 Å². The van der Waals surface area contributed by atoms with E-state index in [0.717, 1.165) is 0 Å². The van der Waals surface area contributed by atoms with Gasteiger partial charge < -0.3 is 0 Å². The van der Waals surface area contributed by atoms with Crippen molar-refractivity contribution in [1.29, 1.82) is 5.26 Å². The van der Waals surface area contributed by atoms with Crippen LogP contribution >= 0.6 is 34.8 Å². The summed E-state index contributed by atoms with van der Waals surface area (Å²) in [4.78, 5) is 0. The van der Waals surface area contributed by atoms with Crippen LogP contribution in [0.2, 0.25) is 10.0 Å². The number of nitrogens with zero attached hydrogens (tertiary/aromatic N) is 1. The summed E-state index contributed by atoms with van der Waals surface area (Å²) in [5, 5.41) is 10.0. The van der Waals surface area contributed by atoms with Crippen LogP contribution in [0.1, 0.15) is 12.5 Å². The molecule has 0 N–H and O–H groups in total. The zero-order valence-electron chi connectivity index (χ0n) is 7.31. The van der Waals surface area contributed by atoms with Crippen LogP contribution in [-0.2, 0) is 0 Å². The maximum absolute atomic E-state index is 8.65. The quantitative estimate of drug-likeness (QED) is 0.670. The lowest BCUT2D eigenvalue weighted by Gasteiger charge is -2.02. The average Bonchev–Trinajstić information content (AvgIpc) is 2.14. The van der Waals surface area contributed by atoms with Gasteiger partial charge in [0.15, 0.2) is 0 Å². The molecule has 0 atom stereocenters. The van der Waals surface area contributed by atoms with E-state index in [-0.39, 0.29) is 0 Å². The minimum absolute atomic E-state index is 0.372. The molecule has 4 heteroatoms. The fourth-order valence-corrected chi connectivity index (χ4v) is 1.62. The normalized spacial score (nSPS) is 11.9. The summed E-state index contributed by atoms with van der Waals surface area (Å²) in [6.45, 7) is 1.64. The molecular formula is C10H6Cl3N. The summed E-state index contributed by atoms with van der Waals surface area (Å²) in [6.07, 6.45) is 0. The average molecular weight is 247 g/mol. The molecule has 0 bridgehead atoms. The van der Waals surface area contributed by atoms with Gasteiger partial charge in [-0.2, -0.15) is 5.26 Å². The molecule has 1 aromatic carbocycles. The van der Waals surface area contributed by atoms with Gasteiger partial charge in [-0.05, 0) is 30.7 Å². The van der Waals surface area contributed by atoms with Gasteiger partial charge in [-0.25, -0.2) is 0 Å². The SMILES string of the molecule is CC(C#N)=C(Cl)c1cc(Cl)cc(Cl)c1. The van der Waals surface area contributed by atoms with Crippen LogP contribution in [0.25, 0.3) is 5.03 Å². The number of hydrogen-bond donors (Lipinski definition) is 0. The summed E-state index contributed by atoms with van der Waals surface area (Å²) < 4.78 is 0. The van der Waals surface area contributed by atoms with Crippen LogP contribution in [0.3, 0.4) is 0 Å². The summed E-state index contributed by atoms with van der Waals surface area (Å²) in [5.41, 5.74) is 1.09. The maximum Gasteiger partial charge on any atom is 0.0959 e. The summed E-state index contributed by atoms with van der Waals surface area (Å²) in [5.74, 6) is 0. The van der Waals surface area contributed by atoms with Crippen LogP contribution in [0.5, 0.6) is 0 Å². The lowest BCUT2D eigenvalue weighted by atomic mass is 10.1. The van der Waals surface area contributed by atoms with Gasteiger partial charge in [0, 0.05) is 15.6 Å². The molecule has 1 nitrogen and oxygen atoms in total. The van der Waals surface area contributed by atoms with Gasteiger partial charge in [0.25, 0.3) is 0 Å². The highest BCUT2D eigenvalue weighted by atomic mass is 35.5. The van der Waals surface area contributed by atoms with Crippen molar-refractivity contribution in [2.24, 2.45) is 0 Å². The van der Waals surface area contributed by atoms with Gasteiger partial charge in [0.05, 0.1) is 11.1 Å². The van der Waals surface area contributed by atoms with Gasteiger partial charge in [-0.3, -0.25) is 0 Å². The molecule has 0 fully saturated rings. The Morgan fingerprint density at radius 2 is 1.71 bits per heavy atom. The third kappa shape index (κ3) is 2.65. The fourth-order valence-electron chi connectivity index (χ4n) is 0.946. The number of hydrogen-bond acceptors (Lipinski definition) is 1. The third-order valence-electron chi connectivity index (χ3n) is 1.61. The molecule has 0 aliphatic heterocycles. The van der Waals surface area contributed by atoms with Crippen molar-refractivity contribution in [1.82, 2.24) is 0 Å². The van der Waals surface area contributed by atoms with Crippen LogP contribution in [0, 0.1) is 11.3 Å². The van der Waals surface area contributed by atoms with Crippen molar-refractivity contribution >= 4 is 39.8 Å². The molecule has 0 aliphatic carbocycles. The first-order valence-electron chi connectivity index (χ1n) is 3.77. The van der Waals surface area contributed by atoms with Gasteiger partial charge in [-0.15, -0.1) is 0 Å². The molecule has 14 heavy (non-hydrogen) atoms. The predicted octanol–water partition coefficient (Wildman–Crippen LogP) is 4.49. The molecule has 0 heterocycles. The van der Waals surface area contributed by atoms with Gasteiger partial charge in [0.2, 0.25) is 0 Å². The summed E-state index contributed by atoms with van der Waals surface area (Å²) in [6, 6.07) is 6.90. The Morgan fingerprint density at radius 1 is 1.21 bits per heavy atom. The van der Waals surface area contributed by atoms with Crippen LogP contribution in [-0.4, -0.2) is 0 Å². The van der Waals surface area contributed by atoms with Crippen molar-refractivity contribution in [2.45, 2.75) is 6.92 Å². The zero-order chi connectivity index (χ0) is 10.7. The first kappa shape index (κ1) is 11.4. The lowest BCUT2D eigenvalue weighted by Crippen LogP contribution is -1.81. The van der Waals surface area contributed by atoms with E-state index in [4.69, 9.17) is 40.1 Å². The third-order valence-corrected chi connectivity index (χ3v) is 2.55. The second-order valence-corrected chi connectivity index (χ2v) is 3.96. The number of benzene rings is 1. The maximum atomic E-state index is 8.65. The molecule has 0 radical (unpaired) electrons. The minimum Gasteiger partial charge on any atom is -0.193 e. The Labute approximate surface area is 97.5 Å². The molecule has 0 aromatic heterocycles. The highest BCUT2D eigenvalue weighted by Gasteiger charge is 2.05. The second kappa shape index (κ2) is 4.70.